The average Bonchev–Trinajstić information content (AvgIpc) is 2.37. The van der Waals surface area contributed by atoms with E-state index in [2.05, 4.69) is 0 Å². The second-order valence-electron chi connectivity index (χ2n) is 3.92. The summed E-state index contributed by atoms with van der Waals surface area (Å²) >= 11 is 0. The minimum atomic E-state index is -1.55. The molecule has 0 spiro atoms. The number of hydrogen-bond acceptors (Lipinski definition) is 2. The SMILES string of the molecule is Nc1ccc(S(=O)Cc2ccc(F)c(F)c2)cc1F. The van der Waals surface area contributed by atoms with Gasteiger partial charge in [-0.3, -0.25) is 4.21 Å². The molecule has 1 unspecified atom stereocenters. The Morgan fingerprint density at radius 3 is 2.32 bits per heavy atom. The van der Waals surface area contributed by atoms with Crippen LogP contribution in [0.1, 0.15) is 5.56 Å². The fourth-order valence-electron chi connectivity index (χ4n) is 1.51. The van der Waals surface area contributed by atoms with E-state index in [0.29, 0.717) is 5.56 Å². The second-order valence-corrected chi connectivity index (χ2v) is 5.37. The van der Waals surface area contributed by atoms with Gasteiger partial charge in [-0.25, -0.2) is 13.2 Å². The molecule has 0 saturated carbocycles. The number of nitrogen functional groups attached to an aromatic ring is 1. The third-order valence-electron chi connectivity index (χ3n) is 2.52. The smallest absolute Gasteiger partial charge is 0.159 e. The highest BCUT2D eigenvalue weighted by Gasteiger charge is 2.10. The van der Waals surface area contributed by atoms with Crippen LogP contribution in [0.5, 0.6) is 0 Å². The van der Waals surface area contributed by atoms with E-state index in [0.717, 1.165) is 18.2 Å². The van der Waals surface area contributed by atoms with E-state index in [-0.39, 0.29) is 16.3 Å². The van der Waals surface area contributed by atoms with Crippen molar-refractivity contribution in [1.29, 1.82) is 0 Å². The van der Waals surface area contributed by atoms with Crippen LogP contribution in [0, 0.1) is 17.5 Å². The third-order valence-corrected chi connectivity index (χ3v) is 3.89. The first kappa shape index (κ1) is 13.6. The first-order valence-corrected chi connectivity index (χ1v) is 6.66. The van der Waals surface area contributed by atoms with Crippen molar-refractivity contribution in [2.75, 3.05) is 5.73 Å². The van der Waals surface area contributed by atoms with Crippen molar-refractivity contribution < 1.29 is 17.4 Å². The Morgan fingerprint density at radius 2 is 1.68 bits per heavy atom. The van der Waals surface area contributed by atoms with Crippen LogP contribution in [0.25, 0.3) is 0 Å². The Labute approximate surface area is 110 Å². The number of halogens is 3. The van der Waals surface area contributed by atoms with Gasteiger partial charge in [0.1, 0.15) is 5.82 Å². The molecule has 2 aromatic rings. The zero-order valence-electron chi connectivity index (χ0n) is 9.70. The number of hydrogen-bond donors (Lipinski definition) is 1. The molecule has 0 saturated heterocycles. The Balaban J connectivity index is 2.20. The summed E-state index contributed by atoms with van der Waals surface area (Å²) < 4.78 is 50.9. The van der Waals surface area contributed by atoms with Gasteiger partial charge in [0, 0.05) is 4.90 Å². The molecule has 0 radical (unpaired) electrons. The molecule has 0 heterocycles. The normalized spacial score (nSPS) is 12.4. The first-order valence-electron chi connectivity index (χ1n) is 5.34. The van der Waals surface area contributed by atoms with Crippen molar-refractivity contribution in [2.24, 2.45) is 0 Å². The maximum Gasteiger partial charge on any atom is 0.159 e. The van der Waals surface area contributed by atoms with Crippen molar-refractivity contribution >= 4 is 16.5 Å². The summed E-state index contributed by atoms with van der Waals surface area (Å²) in [6.45, 7) is 0. The van der Waals surface area contributed by atoms with E-state index in [4.69, 9.17) is 5.73 Å². The molecule has 2 nitrogen and oxygen atoms in total. The Hall–Kier alpha value is -1.82. The van der Waals surface area contributed by atoms with Gasteiger partial charge in [-0.2, -0.15) is 0 Å². The summed E-state index contributed by atoms with van der Waals surface area (Å²) in [5.74, 6) is -2.65. The summed E-state index contributed by atoms with van der Waals surface area (Å²) in [6, 6.07) is 7.10. The molecule has 2 N–H and O–H groups in total. The van der Waals surface area contributed by atoms with Crippen LogP contribution in [-0.4, -0.2) is 4.21 Å². The van der Waals surface area contributed by atoms with Gasteiger partial charge in [-0.1, -0.05) is 6.07 Å². The number of nitrogens with two attached hydrogens (primary N) is 1. The molecule has 0 aliphatic carbocycles. The molecule has 6 heteroatoms. The molecule has 100 valence electrons. The van der Waals surface area contributed by atoms with E-state index in [9.17, 15) is 17.4 Å². The van der Waals surface area contributed by atoms with Crippen molar-refractivity contribution in [1.82, 2.24) is 0 Å². The molecule has 0 aromatic heterocycles. The summed E-state index contributed by atoms with van der Waals surface area (Å²) in [5, 5.41) is 0. The summed E-state index contributed by atoms with van der Waals surface area (Å²) in [5.41, 5.74) is 5.65. The van der Waals surface area contributed by atoms with E-state index < -0.39 is 28.3 Å². The van der Waals surface area contributed by atoms with Gasteiger partial charge in [0.15, 0.2) is 11.6 Å². The van der Waals surface area contributed by atoms with E-state index in [1.807, 2.05) is 0 Å². The fraction of sp³-hybridized carbons (Fsp3) is 0.0769. The fourth-order valence-corrected chi connectivity index (χ4v) is 2.62. The number of anilines is 1. The first-order chi connectivity index (χ1) is 8.97. The molecular formula is C13H10F3NOS. The van der Waals surface area contributed by atoms with Crippen LogP contribution in [0.2, 0.25) is 0 Å². The van der Waals surface area contributed by atoms with Crippen LogP contribution in [-0.2, 0) is 16.6 Å². The van der Waals surface area contributed by atoms with Gasteiger partial charge < -0.3 is 5.73 Å². The summed E-state index contributed by atoms with van der Waals surface area (Å²) in [4.78, 5) is 0.247. The lowest BCUT2D eigenvalue weighted by atomic mass is 10.2. The summed E-state index contributed by atoms with van der Waals surface area (Å²) in [6.07, 6.45) is 0. The molecule has 2 aromatic carbocycles. The lowest BCUT2D eigenvalue weighted by molar-refractivity contribution is 0.507. The number of rotatable bonds is 3. The molecule has 1 atom stereocenters. The van der Waals surface area contributed by atoms with Gasteiger partial charge in [0.2, 0.25) is 0 Å². The molecule has 19 heavy (non-hydrogen) atoms. The maximum atomic E-state index is 13.2. The zero-order chi connectivity index (χ0) is 14.0. The zero-order valence-corrected chi connectivity index (χ0v) is 10.5. The standard InChI is InChI=1S/C13H10F3NOS/c14-10-3-1-8(5-11(10)15)7-19(18)9-2-4-13(17)12(16)6-9/h1-6H,7,17H2. The van der Waals surface area contributed by atoms with Crippen LogP contribution >= 0.6 is 0 Å². The average molecular weight is 285 g/mol. The molecular weight excluding hydrogens is 275 g/mol. The van der Waals surface area contributed by atoms with Gasteiger partial charge in [0.05, 0.1) is 22.2 Å². The molecule has 0 bridgehead atoms. The monoisotopic (exact) mass is 285 g/mol. The highest BCUT2D eigenvalue weighted by atomic mass is 32.2. The van der Waals surface area contributed by atoms with Crippen molar-refractivity contribution in [2.45, 2.75) is 10.6 Å². The number of benzene rings is 2. The lowest BCUT2D eigenvalue weighted by Crippen LogP contribution is -2.00. The van der Waals surface area contributed by atoms with Gasteiger partial charge in [-0.15, -0.1) is 0 Å². The second kappa shape index (κ2) is 5.44. The molecule has 0 amide bonds. The van der Waals surface area contributed by atoms with Crippen LogP contribution < -0.4 is 5.73 Å². The van der Waals surface area contributed by atoms with Crippen LogP contribution in [0.4, 0.5) is 18.9 Å². The molecule has 2 rings (SSSR count). The minimum absolute atomic E-state index is 0.0272. The predicted molar refractivity (Wildman–Crippen MR) is 67.3 cm³/mol. The Bertz CT molecular complexity index is 646. The third kappa shape index (κ3) is 3.14. The Kier molecular flexibility index (Phi) is 3.90. The van der Waals surface area contributed by atoms with E-state index in [1.54, 1.807) is 0 Å². The highest BCUT2D eigenvalue weighted by molar-refractivity contribution is 7.84. The predicted octanol–water partition coefficient (Wildman–Crippen LogP) is 2.99. The van der Waals surface area contributed by atoms with Crippen molar-refractivity contribution in [3.8, 4) is 0 Å². The Morgan fingerprint density at radius 1 is 0.947 bits per heavy atom. The van der Waals surface area contributed by atoms with Crippen LogP contribution in [0.15, 0.2) is 41.3 Å². The van der Waals surface area contributed by atoms with Gasteiger partial charge >= 0.3 is 0 Å². The highest BCUT2D eigenvalue weighted by Crippen LogP contribution is 2.18. The van der Waals surface area contributed by atoms with E-state index >= 15 is 0 Å². The quantitative estimate of drug-likeness (QED) is 0.881. The van der Waals surface area contributed by atoms with Crippen molar-refractivity contribution in [3.05, 3.63) is 59.4 Å². The van der Waals surface area contributed by atoms with E-state index in [1.165, 1.54) is 18.2 Å². The molecule has 0 aliphatic rings. The largest absolute Gasteiger partial charge is 0.396 e. The van der Waals surface area contributed by atoms with Gasteiger partial charge in [0.25, 0.3) is 0 Å². The van der Waals surface area contributed by atoms with Gasteiger partial charge in [-0.05, 0) is 35.9 Å². The summed E-state index contributed by atoms with van der Waals surface area (Å²) in [7, 11) is -1.55. The van der Waals surface area contributed by atoms with Crippen LogP contribution in [0.3, 0.4) is 0 Å². The maximum absolute atomic E-state index is 13.2. The topological polar surface area (TPSA) is 43.1 Å². The lowest BCUT2D eigenvalue weighted by Gasteiger charge is -2.05. The molecule has 0 aliphatic heterocycles. The molecule has 0 fully saturated rings. The van der Waals surface area contributed by atoms with Crippen molar-refractivity contribution in [3.63, 3.8) is 0 Å². The minimum Gasteiger partial charge on any atom is -0.396 e.